The molecule has 10 heteroatoms. The molecular formula is C26H27FN2O6S. The van der Waals surface area contributed by atoms with Gasteiger partial charge in [0.2, 0.25) is 0 Å². The van der Waals surface area contributed by atoms with Gasteiger partial charge in [-0.2, -0.15) is 0 Å². The molecule has 0 aliphatic carbocycles. The van der Waals surface area contributed by atoms with Crippen LogP contribution in [0.3, 0.4) is 0 Å². The van der Waals surface area contributed by atoms with Crippen molar-refractivity contribution in [2.24, 2.45) is 0 Å². The third-order valence-corrected chi connectivity index (χ3v) is 7.46. The summed E-state index contributed by atoms with van der Waals surface area (Å²) < 4.78 is 58.4. The summed E-state index contributed by atoms with van der Waals surface area (Å²) in [7, 11) is 0.228. The normalized spacial score (nSPS) is 13.1. The summed E-state index contributed by atoms with van der Waals surface area (Å²) in [6, 6.07) is 12.2. The molecule has 1 N–H and O–H groups in total. The first-order chi connectivity index (χ1) is 17.2. The van der Waals surface area contributed by atoms with E-state index >= 15 is 0 Å². The second-order valence-corrected chi connectivity index (χ2v) is 9.98. The molecule has 4 rings (SSSR count). The number of halogens is 1. The average molecular weight is 515 g/mol. The Morgan fingerprint density at radius 3 is 2.36 bits per heavy atom. The first kappa shape index (κ1) is 25.3. The van der Waals surface area contributed by atoms with E-state index in [1.165, 1.54) is 34.3 Å². The molecule has 36 heavy (non-hydrogen) atoms. The molecule has 0 spiro atoms. The predicted octanol–water partition coefficient (Wildman–Crippen LogP) is 4.55. The Morgan fingerprint density at radius 2 is 1.67 bits per heavy atom. The highest BCUT2D eigenvalue weighted by Crippen LogP contribution is 2.34. The Morgan fingerprint density at radius 1 is 0.944 bits per heavy atom. The Labute approximate surface area is 209 Å². The van der Waals surface area contributed by atoms with E-state index in [0.717, 1.165) is 11.6 Å². The van der Waals surface area contributed by atoms with Crippen molar-refractivity contribution < 1.29 is 31.8 Å². The van der Waals surface area contributed by atoms with Crippen LogP contribution in [0.15, 0.2) is 53.4 Å². The van der Waals surface area contributed by atoms with Crippen molar-refractivity contribution in [3.05, 3.63) is 71.0 Å². The molecule has 8 nitrogen and oxygen atoms in total. The zero-order valence-corrected chi connectivity index (χ0v) is 21.2. The number of aryl methyl sites for hydroxylation is 2. The van der Waals surface area contributed by atoms with Crippen LogP contribution in [0, 0.1) is 12.7 Å². The van der Waals surface area contributed by atoms with E-state index in [4.69, 9.17) is 14.2 Å². The van der Waals surface area contributed by atoms with Crippen LogP contribution in [0.1, 0.15) is 27.9 Å². The molecule has 1 amide bonds. The molecule has 0 saturated carbocycles. The topological polar surface area (TPSA) is 94.2 Å². The van der Waals surface area contributed by atoms with Gasteiger partial charge in [0.1, 0.15) is 16.5 Å². The average Bonchev–Trinajstić information content (AvgIpc) is 2.88. The van der Waals surface area contributed by atoms with Crippen LogP contribution >= 0.6 is 0 Å². The van der Waals surface area contributed by atoms with Gasteiger partial charge >= 0.3 is 0 Å². The van der Waals surface area contributed by atoms with Crippen LogP contribution in [-0.2, 0) is 16.4 Å². The van der Waals surface area contributed by atoms with Crippen molar-refractivity contribution in [2.75, 3.05) is 37.5 Å². The number of nitrogens with zero attached hydrogens (tertiary/aromatic N) is 1. The molecule has 0 unspecified atom stereocenters. The summed E-state index contributed by atoms with van der Waals surface area (Å²) in [5.41, 5.74) is 2.54. The van der Waals surface area contributed by atoms with Crippen molar-refractivity contribution in [3.8, 4) is 17.2 Å². The number of carbonyl (C=O) groups excluding carboxylic acids is 1. The van der Waals surface area contributed by atoms with Crippen molar-refractivity contribution in [1.82, 2.24) is 0 Å². The molecule has 1 heterocycles. The molecule has 1 aliphatic heterocycles. The van der Waals surface area contributed by atoms with E-state index in [-0.39, 0.29) is 22.1 Å². The summed E-state index contributed by atoms with van der Waals surface area (Å²) in [5.74, 6) is 0.172. The van der Waals surface area contributed by atoms with E-state index in [2.05, 4.69) is 4.72 Å². The molecule has 190 valence electrons. The smallest absolute Gasteiger partial charge is 0.265 e. The number of sulfonamides is 1. The molecule has 0 aromatic heterocycles. The Balaban J connectivity index is 1.63. The maximum absolute atomic E-state index is 14.1. The minimum atomic E-state index is -4.13. The standard InChI is InChI=1S/C26H27FN2O6S/c1-16-12-24(35-4)25(15-20(16)27)36(31,32)28-19-8-9-21-17(13-19)6-5-11-29(21)26(30)18-7-10-22(33-2)23(14-18)34-3/h7-10,12-15,28H,5-6,11H2,1-4H3. The van der Waals surface area contributed by atoms with Gasteiger partial charge in [-0.15, -0.1) is 0 Å². The number of hydrogen-bond acceptors (Lipinski definition) is 6. The highest BCUT2D eigenvalue weighted by molar-refractivity contribution is 7.92. The highest BCUT2D eigenvalue weighted by Gasteiger charge is 2.26. The molecule has 0 fully saturated rings. The van der Waals surface area contributed by atoms with Crippen molar-refractivity contribution in [3.63, 3.8) is 0 Å². The number of nitrogens with one attached hydrogen (secondary N) is 1. The van der Waals surface area contributed by atoms with Gasteiger partial charge in [-0.3, -0.25) is 9.52 Å². The maximum Gasteiger partial charge on any atom is 0.265 e. The second-order valence-electron chi connectivity index (χ2n) is 8.33. The van der Waals surface area contributed by atoms with E-state index in [9.17, 15) is 17.6 Å². The number of hydrogen-bond donors (Lipinski definition) is 1. The molecule has 0 radical (unpaired) electrons. The Kier molecular flexibility index (Phi) is 7.07. The van der Waals surface area contributed by atoms with Crippen LogP contribution in [0.25, 0.3) is 0 Å². The number of fused-ring (bicyclic) bond motifs is 1. The van der Waals surface area contributed by atoms with Gasteiger partial charge < -0.3 is 19.1 Å². The number of benzene rings is 3. The largest absolute Gasteiger partial charge is 0.495 e. The molecule has 1 aliphatic rings. The summed E-state index contributed by atoms with van der Waals surface area (Å²) >= 11 is 0. The first-order valence-electron chi connectivity index (χ1n) is 11.2. The number of methoxy groups -OCH3 is 3. The third-order valence-electron chi connectivity index (χ3n) is 6.06. The van der Waals surface area contributed by atoms with Crippen LogP contribution in [0.5, 0.6) is 17.2 Å². The van der Waals surface area contributed by atoms with E-state index in [0.29, 0.717) is 47.8 Å². The lowest BCUT2D eigenvalue weighted by molar-refractivity contribution is 0.0984. The summed E-state index contributed by atoms with van der Waals surface area (Å²) in [4.78, 5) is 14.7. The van der Waals surface area contributed by atoms with Gasteiger partial charge in [0, 0.05) is 23.5 Å². The van der Waals surface area contributed by atoms with Crippen LogP contribution < -0.4 is 23.8 Å². The fourth-order valence-corrected chi connectivity index (χ4v) is 5.43. The Bertz CT molecular complexity index is 1420. The fraction of sp³-hybridized carbons (Fsp3) is 0.269. The van der Waals surface area contributed by atoms with Gasteiger partial charge in [0.25, 0.3) is 15.9 Å². The number of anilines is 2. The number of rotatable bonds is 7. The lowest BCUT2D eigenvalue weighted by atomic mass is 10.00. The van der Waals surface area contributed by atoms with Crippen molar-refractivity contribution in [2.45, 2.75) is 24.7 Å². The van der Waals surface area contributed by atoms with E-state index < -0.39 is 15.8 Å². The van der Waals surface area contributed by atoms with Gasteiger partial charge in [-0.25, -0.2) is 12.8 Å². The fourth-order valence-electron chi connectivity index (χ4n) is 4.21. The predicted molar refractivity (Wildman–Crippen MR) is 134 cm³/mol. The van der Waals surface area contributed by atoms with Gasteiger partial charge in [-0.05, 0) is 79.4 Å². The molecule has 0 bridgehead atoms. The molecule has 3 aromatic rings. The third kappa shape index (κ3) is 4.81. The Hall–Kier alpha value is -3.79. The SMILES string of the molecule is COc1ccc(C(=O)N2CCCc3cc(NS(=O)(=O)c4cc(F)c(C)cc4OC)ccc32)cc1OC. The van der Waals surface area contributed by atoms with Gasteiger partial charge in [0.15, 0.2) is 11.5 Å². The summed E-state index contributed by atoms with van der Waals surface area (Å²) in [6.45, 7) is 2.05. The zero-order chi connectivity index (χ0) is 26.0. The summed E-state index contributed by atoms with van der Waals surface area (Å²) in [6.07, 6.45) is 1.38. The maximum atomic E-state index is 14.1. The first-order valence-corrected chi connectivity index (χ1v) is 12.7. The van der Waals surface area contributed by atoms with Crippen molar-refractivity contribution in [1.29, 1.82) is 0 Å². The van der Waals surface area contributed by atoms with Crippen LogP contribution in [-0.4, -0.2) is 42.2 Å². The minimum absolute atomic E-state index is 0.0473. The quantitative estimate of drug-likeness (QED) is 0.497. The number of ether oxygens (including phenoxy) is 3. The molecular weight excluding hydrogens is 487 g/mol. The van der Waals surface area contributed by atoms with E-state index in [1.54, 1.807) is 41.3 Å². The number of amides is 1. The zero-order valence-electron chi connectivity index (χ0n) is 20.4. The van der Waals surface area contributed by atoms with Crippen LogP contribution in [0.2, 0.25) is 0 Å². The lowest BCUT2D eigenvalue weighted by Crippen LogP contribution is -2.35. The van der Waals surface area contributed by atoms with Crippen LogP contribution in [0.4, 0.5) is 15.8 Å². The summed E-state index contributed by atoms with van der Waals surface area (Å²) in [5, 5.41) is 0. The lowest BCUT2D eigenvalue weighted by Gasteiger charge is -2.30. The second kappa shape index (κ2) is 10.1. The number of carbonyl (C=O) groups is 1. The molecule has 3 aromatic carbocycles. The van der Waals surface area contributed by atoms with Crippen molar-refractivity contribution >= 4 is 27.3 Å². The van der Waals surface area contributed by atoms with Gasteiger partial charge in [-0.1, -0.05) is 0 Å². The minimum Gasteiger partial charge on any atom is -0.495 e. The van der Waals surface area contributed by atoms with Gasteiger partial charge in [0.05, 0.1) is 21.3 Å². The highest BCUT2D eigenvalue weighted by atomic mass is 32.2. The molecule has 0 saturated heterocycles. The molecule has 0 atom stereocenters. The van der Waals surface area contributed by atoms with E-state index in [1.807, 2.05) is 0 Å². The monoisotopic (exact) mass is 514 g/mol.